The van der Waals surface area contributed by atoms with Gasteiger partial charge in [0.25, 0.3) is 0 Å². The number of rotatable bonds is 8. The molecule has 0 aliphatic rings. The van der Waals surface area contributed by atoms with Crippen molar-refractivity contribution < 1.29 is 9.59 Å². The van der Waals surface area contributed by atoms with Crippen molar-refractivity contribution in [2.45, 2.75) is 39.0 Å². The lowest BCUT2D eigenvalue weighted by molar-refractivity contribution is -0.128. The van der Waals surface area contributed by atoms with Crippen molar-refractivity contribution in [3.63, 3.8) is 0 Å². The fraction of sp³-hybridized carbons (Fsp3) is 0.529. The van der Waals surface area contributed by atoms with E-state index >= 15 is 0 Å². The maximum atomic E-state index is 11.7. The first-order chi connectivity index (χ1) is 10.0. The minimum atomic E-state index is 0.0215. The Balaban J connectivity index is 2.20. The predicted octanol–water partition coefficient (Wildman–Crippen LogP) is 2.17. The third-order valence-electron chi connectivity index (χ3n) is 3.43. The highest BCUT2D eigenvalue weighted by Crippen LogP contribution is 2.06. The van der Waals surface area contributed by atoms with E-state index in [9.17, 15) is 9.59 Å². The first-order valence-corrected chi connectivity index (χ1v) is 7.57. The molecule has 4 heteroatoms. The highest BCUT2D eigenvalue weighted by atomic mass is 16.2. The summed E-state index contributed by atoms with van der Waals surface area (Å²) in [6, 6.07) is 8.44. The molecule has 0 aliphatic carbocycles. The molecule has 0 spiro atoms. The van der Waals surface area contributed by atoms with E-state index in [2.05, 4.69) is 36.5 Å². The molecule has 1 N–H and O–H groups in total. The lowest BCUT2D eigenvalue weighted by atomic mass is 10.1. The molecule has 0 radical (unpaired) electrons. The topological polar surface area (TPSA) is 49.4 Å². The molecule has 116 valence electrons. The molecule has 1 rings (SSSR count). The Morgan fingerprint density at radius 3 is 2.52 bits per heavy atom. The van der Waals surface area contributed by atoms with Crippen molar-refractivity contribution in [1.29, 1.82) is 0 Å². The van der Waals surface area contributed by atoms with Crippen LogP contribution in [-0.4, -0.2) is 37.4 Å². The minimum Gasteiger partial charge on any atom is -0.356 e. The lowest BCUT2D eigenvalue weighted by Gasteiger charge is -2.10. The van der Waals surface area contributed by atoms with Crippen LogP contribution in [0.25, 0.3) is 0 Å². The summed E-state index contributed by atoms with van der Waals surface area (Å²) in [5.41, 5.74) is 2.57. The zero-order chi connectivity index (χ0) is 15.7. The Bertz CT molecular complexity index is 470. The van der Waals surface area contributed by atoms with Gasteiger partial charge in [-0.25, -0.2) is 0 Å². The molecule has 0 bridgehead atoms. The number of hydrogen-bond donors (Lipinski definition) is 1. The van der Waals surface area contributed by atoms with Crippen LogP contribution in [0.2, 0.25) is 0 Å². The van der Waals surface area contributed by atoms with Crippen LogP contribution in [0.5, 0.6) is 0 Å². The summed E-state index contributed by atoms with van der Waals surface area (Å²) in [6.07, 6.45) is 3.32. The second kappa shape index (κ2) is 9.16. The molecule has 21 heavy (non-hydrogen) atoms. The van der Waals surface area contributed by atoms with Crippen LogP contribution in [0.15, 0.2) is 24.3 Å². The molecule has 0 atom stereocenters. The minimum absolute atomic E-state index is 0.0215. The number of amides is 2. The molecule has 1 aromatic carbocycles. The molecular weight excluding hydrogens is 264 g/mol. The van der Waals surface area contributed by atoms with Gasteiger partial charge in [-0.15, -0.1) is 0 Å². The molecule has 0 fully saturated rings. The van der Waals surface area contributed by atoms with Crippen molar-refractivity contribution in [2.75, 3.05) is 20.6 Å². The van der Waals surface area contributed by atoms with Gasteiger partial charge in [-0.05, 0) is 30.4 Å². The van der Waals surface area contributed by atoms with E-state index in [1.807, 2.05) is 0 Å². The van der Waals surface area contributed by atoms with Gasteiger partial charge in [0.2, 0.25) is 11.8 Å². The smallest absolute Gasteiger partial charge is 0.222 e. The quantitative estimate of drug-likeness (QED) is 0.797. The van der Waals surface area contributed by atoms with E-state index in [0.717, 1.165) is 12.8 Å². The van der Waals surface area contributed by atoms with Crippen LogP contribution < -0.4 is 5.32 Å². The summed E-state index contributed by atoms with van der Waals surface area (Å²) in [4.78, 5) is 24.6. The van der Waals surface area contributed by atoms with Gasteiger partial charge >= 0.3 is 0 Å². The fourth-order valence-electron chi connectivity index (χ4n) is 2.06. The third-order valence-corrected chi connectivity index (χ3v) is 3.43. The maximum absolute atomic E-state index is 11.7. The molecule has 4 nitrogen and oxygen atoms in total. The highest BCUT2D eigenvalue weighted by Gasteiger charge is 2.06. The predicted molar refractivity (Wildman–Crippen MR) is 85.1 cm³/mol. The van der Waals surface area contributed by atoms with Gasteiger partial charge in [-0.3, -0.25) is 9.59 Å². The Morgan fingerprint density at radius 1 is 1.14 bits per heavy atom. The molecule has 0 aromatic heterocycles. The van der Waals surface area contributed by atoms with E-state index in [-0.39, 0.29) is 11.8 Å². The Morgan fingerprint density at radius 2 is 1.86 bits per heavy atom. The molecular formula is C17H26N2O2. The Hall–Kier alpha value is -1.84. The van der Waals surface area contributed by atoms with Gasteiger partial charge in [-0.2, -0.15) is 0 Å². The van der Waals surface area contributed by atoms with Crippen molar-refractivity contribution in [3.05, 3.63) is 35.4 Å². The number of nitrogens with zero attached hydrogens (tertiary/aromatic N) is 1. The summed E-state index contributed by atoms with van der Waals surface area (Å²) in [5.74, 6) is 0.0902. The van der Waals surface area contributed by atoms with Crippen molar-refractivity contribution in [2.24, 2.45) is 0 Å². The van der Waals surface area contributed by atoms with Crippen LogP contribution in [0.1, 0.15) is 37.3 Å². The van der Waals surface area contributed by atoms with E-state index in [1.54, 1.807) is 19.0 Å². The summed E-state index contributed by atoms with van der Waals surface area (Å²) in [7, 11) is 3.46. The molecule has 0 aliphatic heterocycles. The summed E-state index contributed by atoms with van der Waals surface area (Å²) >= 11 is 0. The Kier molecular flexibility index (Phi) is 7.51. The molecule has 1 aromatic rings. The summed E-state index contributed by atoms with van der Waals surface area (Å²) < 4.78 is 0. The second-order valence-electron chi connectivity index (χ2n) is 5.42. The highest BCUT2D eigenvalue weighted by molar-refractivity contribution is 5.78. The van der Waals surface area contributed by atoms with Gasteiger partial charge in [0, 0.05) is 33.5 Å². The van der Waals surface area contributed by atoms with Crippen molar-refractivity contribution in [3.8, 4) is 0 Å². The van der Waals surface area contributed by atoms with Gasteiger partial charge in [0.1, 0.15) is 0 Å². The van der Waals surface area contributed by atoms with Crippen LogP contribution in [0, 0.1) is 0 Å². The fourth-order valence-corrected chi connectivity index (χ4v) is 2.06. The molecule has 0 saturated heterocycles. The largest absolute Gasteiger partial charge is 0.356 e. The molecule has 0 saturated carbocycles. The number of carbonyl (C=O) groups is 2. The van der Waals surface area contributed by atoms with Crippen LogP contribution >= 0.6 is 0 Å². The SMILES string of the molecule is CCc1cccc(CCNC(=O)CCCC(=O)N(C)C)c1. The third kappa shape index (κ3) is 6.93. The maximum Gasteiger partial charge on any atom is 0.222 e. The standard InChI is InChI=1S/C17H26N2O2/c1-4-14-7-5-8-15(13-14)11-12-18-16(20)9-6-10-17(21)19(2)3/h5,7-8,13H,4,6,9-12H2,1-3H3,(H,18,20). The van der Waals surface area contributed by atoms with E-state index in [0.29, 0.717) is 25.8 Å². The molecule has 2 amide bonds. The normalized spacial score (nSPS) is 10.2. The zero-order valence-corrected chi connectivity index (χ0v) is 13.3. The summed E-state index contributed by atoms with van der Waals surface area (Å²) in [6.45, 7) is 2.78. The number of hydrogen-bond acceptors (Lipinski definition) is 2. The first kappa shape index (κ1) is 17.2. The monoisotopic (exact) mass is 290 g/mol. The number of carbonyl (C=O) groups excluding carboxylic acids is 2. The number of nitrogens with one attached hydrogen (secondary N) is 1. The van der Waals surface area contributed by atoms with Gasteiger partial charge < -0.3 is 10.2 Å². The van der Waals surface area contributed by atoms with Crippen LogP contribution in [0.3, 0.4) is 0 Å². The van der Waals surface area contributed by atoms with Crippen LogP contribution in [-0.2, 0) is 22.4 Å². The van der Waals surface area contributed by atoms with Crippen molar-refractivity contribution >= 4 is 11.8 Å². The zero-order valence-electron chi connectivity index (χ0n) is 13.3. The van der Waals surface area contributed by atoms with E-state index < -0.39 is 0 Å². The average Bonchev–Trinajstić information content (AvgIpc) is 2.47. The lowest BCUT2D eigenvalue weighted by Crippen LogP contribution is -2.26. The number of aryl methyl sites for hydroxylation is 1. The first-order valence-electron chi connectivity index (χ1n) is 7.57. The summed E-state index contributed by atoms with van der Waals surface area (Å²) in [5, 5.41) is 2.91. The van der Waals surface area contributed by atoms with E-state index in [4.69, 9.17) is 0 Å². The molecule has 0 unspecified atom stereocenters. The average molecular weight is 290 g/mol. The van der Waals surface area contributed by atoms with Gasteiger partial charge in [0.15, 0.2) is 0 Å². The van der Waals surface area contributed by atoms with E-state index in [1.165, 1.54) is 11.1 Å². The van der Waals surface area contributed by atoms with Crippen molar-refractivity contribution in [1.82, 2.24) is 10.2 Å². The van der Waals surface area contributed by atoms with Gasteiger partial charge in [0.05, 0.1) is 0 Å². The number of benzene rings is 1. The van der Waals surface area contributed by atoms with Crippen LogP contribution in [0.4, 0.5) is 0 Å². The second-order valence-corrected chi connectivity index (χ2v) is 5.42. The molecule has 0 heterocycles. The van der Waals surface area contributed by atoms with Gasteiger partial charge in [-0.1, -0.05) is 31.2 Å². The Labute approximate surface area is 127 Å².